The molecular formula is C11H13BrN4O. The molecule has 0 aliphatic carbocycles. The molecule has 0 bridgehead atoms. The molecule has 0 saturated carbocycles. The fourth-order valence-corrected chi connectivity index (χ4v) is 1.80. The average Bonchev–Trinajstić information content (AvgIpc) is 2.60. The SMILES string of the molecule is COc1ccc(Br)c(Nc2nn(C)cc2N)c1. The van der Waals surface area contributed by atoms with Crippen molar-refractivity contribution in [3.63, 3.8) is 0 Å². The van der Waals surface area contributed by atoms with E-state index in [0.717, 1.165) is 15.9 Å². The van der Waals surface area contributed by atoms with Crippen molar-refractivity contribution in [1.29, 1.82) is 0 Å². The smallest absolute Gasteiger partial charge is 0.175 e. The zero-order valence-electron chi connectivity index (χ0n) is 9.57. The van der Waals surface area contributed by atoms with Gasteiger partial charge >= 0.3 is 0 Å². The quantitative estimate of drug-likeness (QED) is 0.913. The minimum atomic E-state index is 0.599. The van der Waals surface area contributed by atoms with Gasteiger partial charge in [-0.15, -0.1) is 0 Å². The number of hydrogen-bond acceptors (Lipinski definition) is 4. The Balaban J connectivity index is 2.32. The number of rotatable bonds is 3. The summed E-state index contributed by atoms with van der Waals surface area (Å²) in [6.07, 6.45) is 1.75. The Morgan fingerprint density at radius 2 is 2.24 bits per heavy atom. The molecule has 0 amide bonds. The predicted molar refractivity (Wildman–Crippen MR) is 71.6 cm³/mol. The van der Waals surface area contributed by atoms with Crippen molar-refractivity contribution in [2.75, 3.05) is 18.2 Å². The maximum atomic E-state index is 5.82. The van der Waals surface area contributed by atoms with E-state index < -0.39 is 0 Å². The molecule has 90 valence electrons. The van der Waals surface area contributed by atoms with Crippen molar-refractivity contribution in [1.82, 2.24) is 9.78 Å². The third kappa shape index (κ3) is 2.52. The maximum Gasteiger partial charge on any atom is 0.175 e. The Morgan fingerprint density at radius 3 is 2.82 bits per heavy atom. The number of nitrogen functional groups attached to an aromatic ring is 1. The Kier molecular flexibility index (Phi) is 3.23. The number of aromatic nitrogens is 2. The van der Waals surface area contributed by atoms with E-state index in [1.165, 1.54) is 0 Å². The van der Waals surface area contributed by atoms with Crippen molar-refractivity contribution < 1.29 is 4.74 Å². The van der Waals surface area contributed by atoms with Crippen LogP contribution in [-0.2, 0) is 7.05 Å². The Bertz CT molecular complexity index is 538. The predicted octanol–water partition coefficient (Wildman–Crippen LogP) is 2.52. The van der Waals surface area contributed by atoms with Crippen molar-refractivity contribution >= 4 is 33.1 Å². The summed E-state index contributed by atoms with van der Waals surface area (Å²) in [5.74, 6) is 1.40. The van der Waals surface area contributed by atoms with Gasteiger partial charge < -0.3 is 15.8 Å². The van der Waals surface area contributed by atoms with E-state index in [1.54, 1.807) is 18.0 Å². The minimum absolute atomic E-state index is 0.599. The standard InChI is InChI=1S/C11H13BrN4O/c1-16-6-9(13)11(15-16)14-10-5-7(17-2)3-4-8(10)12/h3-6H,13H2,1-2H3,(H,14,15). The molecule has 1 aromatic heterocycles. The molecule has 0 spiro atoms. The van der Waals surface area contributed by atoms with E-state index in [1.807, 2.05) is 25.2 Å². The highest BCUT2D eigenvalue weighted by molar-refractivity contribution is 9.10. The molecule has 0 saturated heterocycles. The van der Waals surface area contributed by atoms with Crippen LogP contribution in [-0.4, -0.2) is 16.9 Å². The summed E-state index contributed by atoms with van der Waals surface area (Å²) in [6, 6.07) is 5.65. The van der Waals surface area contributed by atoms with Crippen LogP contribution in [0.15, 0.2) is 28.9 Å². The molecule has 3 N–H and O–H groups in total. The van der Waals surface area contributed by atoms with Crippen LogP contribution in [0.25, 0.3) is 0 Å². The van der Waals surface area contributed by atoms with Crippen LogP contribution in [0.4, 0.5) is 17.2 Å². The molecule has 0 unspecified atom stereocenters. The lowest BCUT2D eigenvalue weighted by Gasteiger charge is -2.08. The molecular weight excluding hydrogens is 284 g/mol. The van der Waals surface area contributed by atoms with Gasteiger partial charge in [0.15, 0.2) is 5.82 Å². The van der Waals surface area contributed by atoms with Crippen LogP contribution in [0.2, 0.25) is 0 Å². The van der Waals surface area contributed by atoms with Crippen molar-refractivity contribution in [3.8, 4) is 5.75 Å². The monoisotopic (exact) mass is 296 g/mol. The summed E-state index contributed by atoms with van der Waals surface area (Å²) in [6.45, 7) is 0. The van der Waals surface area contributed by atoms with Gasteiger partial charge in [0, 0.05) is 23.8 Å². The molecule has 17 heavy (non-hydrogen) atoms. The first-order valence-corrected chi connectivity index (χ1v) is 5.79. The van der Waals surface area contributed by atoms with E-state index in [0.29, 0.717) is 11.5 Å². The maximum absolute atomic E-state index is 5.82. The number of nitrogens with zero attached hydrogens (tertiary/aromatic N) is 2. The topological polar surface area (TPSA) is 65.1 Å². The number of benzene rings is 1. The van der Waals surface area contributed by atoms with Gasteiger partial charge in [-0.3, -0.25) is 4.68 Å². The molecule has 0 aliphatic heterocycles. The summed E-state index contributed by atoms with van der Waals surface area (Å²) in [4.78, 5) is 0. The highest BCUT2D eigenvalue weighted by Gasteiger charge is 2.07. The lowest BCUT2D eigenvalue weighted by atomic mass is 10.3. The largest absolute Gasteiger partial charge is 0.497 e. The first-order valence-electron chi connectivity index (χ1n) is 5.00. The first-order chi connectivity index (χ1) is 8.10. The van der Waals surface area contributed by atoms with Crippen LogP contribution in [0.3, 0.4) is 0 Å². The highest BCUT2D eigenvalue weighted by Crippen LogP contribution is 2.30. The number of ether oxygens (including phenoxy) is 1. The third-order valence-corrected chi connectivity index (χ3v) is 2.98. The zero-order valence-corrected chi connectivity index (χ0v) is 11.2. The number of anilines is 3. The van der Waals surface area contributed by atoms with Gasteiger partial charge in [0.25, 0.3) is 0 Å². The fourth-order valence-electron chi connectivity index (χ4n) is 1.46. The fraction of sp³-hybridized carbons (Fsp3) is 0.182. The summed E-state index contributed by atoms with van der Waals surface area (Å²) in [5, 5.41) is 7.37. The summed E-state index contributed by atoms with van der Waals surface area (Å²) >= 11 is 3.46. The molecule has 0 fully saturated rings. The lowest BCUT2D eigenvalue weighted by Crippen LogP contribution is -1.97. The number of hydrogen-bond donors (Lipinski definition) is 2. The number of nitrogens with one attached hydrogen (secondary N) is 1. The van der Waals surface area contributed by atoms with Crippen molar-refractivity contribution in [3.05, 3.63) is 28.9 Å². The van der Waals surface area contributed by atoms with Gasteiger partial charge in [-0.2, -0.15) is 5.10 Å². The van der Waals surface area contributed by atoms with Gasteiger partial charge in [-0.25, -0.2) is 0 Å². The molecule has 6 heteroatoms. The molecule has 2 aromatic rings. The number of aryl methyl sites for hydroxylation is 1. The lowest BCUT2D eigenvalue weighted by molar-refractivity contribution is 0.415. The van der Waals surface area contributed by atoms with Gasteiger partial charge in [0.05, 0.1) is 18.5 Å². The second-order valence-electron chi connectivity index (χ2n) is 3.58. The third-order valence-electron chi connectivity index (χ3n) is 2.28. The average molecular weight is 297 g/mol. The zero-order chi connectivity index (χ0) is 12.4. The molecule has 1 aromatic carbocycles. The number of nitrogens with two attached hydrogens (primary N) is 1. The van der Waals surface area contributed by atoms with Crippen LogP contribution < -0.4 is 15.8 Å². The Hall–Kier alpha value is -1.69. The number of halogens is 1. The molecule has 0 radical (unpaired) electrons. The molecule has 2 rings (SSSR count). The second kappa shape index (κ2) is 4.67. The van der Waals surface area contributed by atoms with Gasteiger partial charge in [0.1, 0.15) is 5.75 Å². The molecule has 0 atom stereocenters. The van der Waals surface area contributed by atoms with E-state index in [2.05, 4.69) is 26.3 Å². The first kappa shape index (κ1) is 11.8. The van der Waals surface area contributed by atoms with E-state index in [9.17, 15) is 0 Å². The van der Waals surface area contributed by atoms with Crippen molar-refractivity contribution in [2.24, 2.45) is 7.05 Å². The normalized spacial score (nSPS) is 10.3. The van der Waals surface area contributed by atoms with Gasteiger partial charge in [-0.1, -0.05) is 0 Å². The van der Waals surface area contributed by atoms with Crippen LogP contribution in [0.5, 0.6) is 5.75 Å². The number of methoxy groups -OCH3 is 1. The Morgan fingerprint density at radius 1 is 1.47 bits per heavy atom. The Labute approximate surface area is 108 Å². The molecule has 1 heterocycles. The van der Waals surface area contributed by atoms with E-state index in [-0.39, 0.29) is 0 Å². The van der Waals surface area contributed by atoms with Crippen molar-refractivity contribution in [2.45, 2.75) is 0 Å². The van der Waals surface area contributed by atoms with Crippen LogP contribution in [0.1, 0.15) is 0 Å². The van der Waals surface area contributed by atoms with E-state index in [4.69, 9.17) is 10.5 Å². The molecule has 0 aliphatic rings. The van der Waals surface area contributed by atoms with E-state index >= 15 is 0 Å². The summed E-state index contributed by atoms with van der Waals surface area (Å²) in [7, 11) is 3.45. The van der Waals surface area contributed by atoms with Gasteiger partial charge in [0.2, 0.25) is 0 Å². The van der Waals surface area contributed by atoms with Gasteiger partial charge in [-0.05, 0) is 28.1 Å². The second-order valence-corrected chi connectivity index (χ2v) is 4.43. The minimum Gasteiger partial charge on any atom is -0.497 e. The van der Waals surface area contributed by atoms with Crippen LogP contribution >= 0.6 is 15.9 Å². The summed E-state index contributed by atoms with van der Waals surface area (Å²) in [5.41, 5.74) is 7.27. The molecule has 5 nitrogen and oxygen atoms in total. The summed E-state index contributed by atoms with van der Waals surface area (Å²) < 4.78 is 7.74. The highest BCUT2D eigenvalue weighted by atomic mass is 79.9. The van der Waals surface area contributed by atoms with Crippen LogP contribution in [0, 0.1) is 0 Å².